The highest BCUT2D eigenvalue weighted by molar-refractivity contribution is 6.33. The van der Waals surface area contributed by atoms with Gasteiger partial charge in [0.1, 0.15) is 0 Å². The number of hydrogen-bond acceptors (Lipinski definition) is 3. The maximum absolute atomic E-state index is 12.0. The second-order valence-electron chi connectivity index (χ2n) is 6.38. The maximum Gasteiger partial charge on any atom is 0.234 e. The van der Waals surface area contributed by atoms with Crippen molar-refractivity contribution in [2.24, 2.45) is 5.92 Å². The van der Waals surface area contributed by atoms with Crippen molar-refractivity contribution in [3.05, 3.63) is 29.3 Å². The molecule has 22 heavy (non-hydrogen) atoms. The minimum atomic E-state index is 0.103. The number of piperidine rings is 1. The number of rotatable bonds is 6. The molecule has 4 nitrogen and oxygen atoms in total. The fourth-order valence-electron chi connectivity index (χ4n) is 3.01. The molecule has 0 radical (unpaired) electrons. The van der Waals surface area contributed by atoms with E-state index in [2.05, 4.69) is 15.5 Å². The molecule has 1 aliphatic carbocycles. The van der Waals surface area contributed by atoms with Gasteiger partial charge in [-0.1, -0.05) is 23.7 Å². The molecule has 1 saturated heterocycles. The number of carbonyl (C=O) groups excluding carboxylic acids is 1. The van der Waals surface area contributed by atoms with Crippen molar-refractivity contribution < 1.29 is 4.79 Å². The molecule has 0 aromatic heterocycles. The summed E-state index contributed by atoms with van der Waals surface area (Å²) in [6, 6.07) is 8.12. The average molecular weight is 322 g/mol. The van der Waals surface area contributed by atoms with E-state index in [0.717, 1.165) is 49.1 Å². The van der Waals surface area contributed by atoms with Crippen LogP contribution >= 0.6 is 11.6 Å². The van der Waals surface area contributed by atoms with Crippen LogP contribution in [0, 0.1) is 5.92 Å². The topological polar surface area (TPSA) is 44.4 Å². The van der Waals surface area contributed by atoms with Crippen LogP contribution in [0.2, 0.25) is 5.02 Å². The van der Waals surface area contributed by atoms with Crippen molar-refractivity contribution in [1.82, 2.24) is 10.6 Å². The van der Waals surface area contributed by atoms with Gasteiger partial charge in [0.15, 0.2) is 0 Å². The fourth-order valence-corrected chi connectivity index (χ4v) is 3.27. The van der Waals surface area contributed by atoms with Gasteiger partial charge in [-0.05, 0) is 50.3 Å². The van der Waals surface area contributed by atoms with Crippen LogP contribution in [0.3, 0.4) is 0 Å². The van der Waals surface area contributed by atoms with Crippen LogP contribution in [-0.2, 0) is 4.79 Å². The lowest BCUT2D eigenvalue weighted by Crippen LogP contribution is -2.49. The summed E-state index contributed by atoms with van der Waals surface area (Å²) in [5.41, 5.74) is 1.06. The summed E-state index contributed by atoms with van der Waals surface area (Å²) in [4.78, 5) is 14.3. The van der Waals surface area contributed by atoms with E-state index < -0.39 is 0 Å². The van der Waals surface area contributed by atoms with Crippen LogP contribution in [0.15, 0.2) is 24.3 Å². The molecule has 0 spiro atoms. The van der Waals surface area contributed by atoms with E-state index in [4.69, 9.17) is 11.6 Å². The zero-order chi connectivity index (χ0) is 15.4. The van der Waals surface area contributed by atoms with E-state index in [0.29, 0.717) is 6.54 Å². The zero-order valence-corrected chi connectivity index (χ0v) is 13.6. The summed E-state index contributed by atoms with van der Waals surface area (Å²) in [5.74, 6) is 0.907. The van der Waals surface area contributed by atoms with Crippen molar-refractivity contribution in [1.29, 1.82) is 0 Å². The van der Waals surface area contributed by atoms with Crippen molar-refractivity contribution in [2.75, 3.05) is 31.1 Å². The third kappa shape index (κ3) is 4.37. The summed E-state index contributed by atoms with van der Waals surface area (Å²) in [7, 11) is 0. The number of halogens is 1. The Morgan fingerprint density at radius 2 is 2.09 bits per heavy atom. The number of nitrogens with zero attached hydrogens (tertiary/aromatic N) is 1. The number of amides is 1. The number of hydrogen-bond donors (Lipinski definition) is 2. The van der Waals surface area contributed by atoms with Gasteiger partial charge in [0, 0.05) is 19.1 Å². The summed E-state index contributed by atoms with van der Waals surface area (Å²) < 4.78 is 0. The highest BCUT2D eigenvalue weighted by atomic mass is 35.5. The summed E-state index contributed by atoms with van der Waals surface area (Å²) >= 11 is 6.28. The number of benzene rings is 1. The highest BCUT2D eigenvalue weighted by Crippen LogP contribution is 2.28. The first kappa shape index (κ1) is 15.6. The molecule has 2 N–H and O–H groups in total. The van der Waals surface area contributed by atoms with Gasteiger partial charge in [-0.15, -0.1) is 0 Å². The molecule has 3 rings (SSSR count). The van der Waals surface area contributed by atoms with E-state index in [1.54, 1.807) is 0 Å². The molecular weight excluding hydrogens is 298 g/mol. The van der Waals surface area contributed by atoms with Crippen LogP contribution in [0.4, 0.5) is 5.69 Å². The van der Waals surface area contributed by atoms with Crippen LogP contribution in [0.5, 0.6) is 0 Å². The monoisotopic (exact) mass is 321 g/mol. The molecule has 1 aliphatic heterocycles. The lowest BCUT2D eigenvalue weighted by Gasteiger charge is -2.35. The van der Waals surface area contributed by atoms with E-state index in [1.165, 1.54) is 12.8 Å². The zero-order valence-electron chi connectivity index (χ0n) is 12.9. The van der Waals surface area contributed by atoms with Gasteiger partial charge < -0.3 is 15.5 Å². The van der Waals surface area contributed by atoms with Crippen molar-refractivity contribution in [3.8, 4) is 0 Å². The lowest BCUT2D eigenvalue weighted by molar-refractivity contribution is -0.121. The van der Waals surface area contributed by atoms with E-state index in [1.807, 2.05) is 24.3 Å². The Morgan fingerprint density at radius 1 is 1.27 bits per heavy atom. The van der Waals surface area contributed by atoms with Crippen LogP contribution in [0.25, 0.3) is 0 Å². The first-order valence-electron chi connectivity index (χ1n) is 8.22. The molecule has 1 atom stereocenters. The molecular formula is C17H24ClN3O. The largest absolute Gasteiger partial charge is 0.368 e. The highest BCUT2D eigenvalue weighted by Gasteiger charge is 2.23. The Hall–Kier alpha value is -1.26. The summed E-state index contributed by atoms with van der Waals surface area (Å²) in [5, 5.41) is 7.17. The average Bonchev–Trinajstić information content (AvgIpc) is 3.32. The second kappa shape index (κ2) is 7.34. The third-order valence-electron chi connectivity index (χ3n) is 4.40. The molecule has 2 fully saturated rings. The smallest absolute Gasteiger partial charge is 0.234 e. The molecule has 1 unspecified atom stereocenters. The maximum atomic E-state index is 12.0. The second-order valence-corrected chi connectivity index (χ2v) is 6.79. The SMILES string of the molecule is O=C(CNCC1CC1)NC1CCCN(c2ccccc2Cl)C1. The van der Waals surface area contributed by atoms with Gasteiger partial charge in [-0.25, -0.2) is 0 Å². The molecule has 1 saturated carbocycles. The Morgan fingerprint density at radius 3 is 2.86 bits per heavy atom. The number of carbonyl (C=O) groups is 1. The Balaban J connectivity index is 1.47. The van der Waals surface area contributed by atoms with Crippen molar-refractivity contribution >= 4 is 23.2 Å². The number of para-hydroxylation sites is 1. The van der Waals surface area contributed by atoms with Gasteiger partial charge in [-0.2, -0.15) is 0 Å². The first-order chi connectivity index (χ1) is 10.7. The molecule has 2 aliphatic rings. The fraction of sp³-hybridized carbons (Fsp3) is 0.588. The molecule has 1 heterocycles. The number of anilines is 1. The molecule has 0 bridgehead atoms. The van der Waals surface area contributed by atoms with Crippen molar-refractivity contribution in [3.63, 3.8) is 0 Å². The van der Waals surface area contributed by atoms with Crippen LogP contribution < -0.4 is 15.5 Å². The molecule has 1 aromatic carbocycles. The van der Waals surface area contributed by atoms with E-state index in [9.17, 15) is 4.79 Å². The quantitative estimate of drug-likeness (QED) is 0.846. The van der Waals surface area contributed by atoms with Gasteiger partial charge >= 0.3 is 0 Å². The minimum Gasteiger partial charge on any atom is -0.368 e. The van der Waals surface area contributed by atoms with Gasteiger partial charge in [0.2, 0.25) is 5.91 Å². The molecule has 5 heteroatoms. The molecule has 1 amide bonds. The van der Waals surface area contributed by atoms with Gasteiger partial charge in [0.05, 0.1) is 17.3 Å². The van der Waals surface area contributed by atoms with E-state index in [-0.39, 0.29) is 11.9 Å². The van der Waals surface area contributed by atoms with E-state index >= 15 is 0 Å². The number of nitrogens with one attached hydrogen (secondary N) is 2. The summed E-state index contributed by atoms with van der Waals surface area (Å²) in [6.45, 7) is 3.23. The lowest BCUT2D eigenvalue weighted by atomic mass is 10.0. The van der Waals surface area contributed by atoms with Crippen LogP contribution in [-0.4, -0.2) is 38.1 Å². The van der Waals surface area contributed by atoms with Crippen molar-refractivity contribution in [2.45, 2.75) is 31.7 Å². The predicted molar refractivity (Wildman–Crippen MR) is 90.4 cm³/mol. The Labute approximate surface area is 137 Å². The molecule has 1 aromatic rings. The minimum absolute atomic E-state index is 0.103. The van der Waals surface area contributed by atoms with Crippen LogP contribution in [0.1, 0.15) is 25.7 Å². The van der Waals surface area contributed by atoms with Gasteiger partial charge in [-0.3, -0.25) is 4.79 Å². The Kier molecular flexibility index (Phi) is 5.21. The summed E-state index contributed by atoms with van der Waals surface area (Å²) in [6.07, 6.45) is 4.73. The Bertz CT molecular complexity index is 518. The third-order valence-corrected chi connectivity index (χ3v) is 4.71. The first-order valence-corrected chi connectivity index (χ1v) is 8.60. The predicted octanol–water partition coefficient (Wildman–Crippen LogP) is 2.42. The standard InChI is InChI=1S/C17H24ClN3O/c18-15-5-1-2-6-16(15)21-9-3-4-14(12-21)20-17(22)11-19-10-13-7-8-13/h1-2,5-6,13-14,19H,3-4,7-12H2,(H,20,22). The van der Waals surface area contributed by atoms with Gasteiger partial charge in [0.25, 0.3) is 0 Å². The molecule has 120 valence electrons. The normalized spacial score (nSPS) is 21.7.